The lowest BCUT2D eigenvalue weighted by atomic mass is 9.78. The molecule has 0 unspecified atom stereocenters. The summed E-state index contributed by atoms with van der Waals surface area (Å²) in [4.78, 5) is 8.81. The minimum absolute atomic E-state index is 0.134. The highest BCUT2D eigenvalue weighted by atomic mass is 19.4. The summed E-state index contributed by atoms with van der Waals surface area (Å²) in [6.07, 6.45) is -3.46. The zero-order valence-electron chi connectivity index (χ0n) is 18.2. The smallest absolute Gasteiger partial charge is 0.393 e. The summed E-state index contributed by atoms with van der Waals surface area (Å²) in [5, 5.41) is 24.5. The van der Waals surface area contributed by atoms with Crippen LogP contribution in [0.15, 0.2) is 36.4 Å². The third-order valence-corrected chi connectivity index (χ3v) is 6.28. The molecule has 0 spiro atoms. The second kappa shape index (κ2) is 8.53. The molecule has 1 atom stereocenters. The molecule has 0 radical (unpaired) electrons. The Hall–Kier alpha value is -2.78. The third-order valence-electron chi connectivity index (χ3n) is 6.28. The first-order chi connectivity index (χ1) is 15.5. The van der Waals surface area contributed by atoms with E-state index in [-0.39, 0.29) is 5.56 Å². The Labute approximate surface area is 188 Å². The Bertz CT molecular complexity index is 1170. The van der Waals surface area contributed by atoms with E-state index in [0.717, 1.165) is 0 Å². The second-order valence-electron chi connectivity index (χ2n) is 8.69. The van der Waals surface area contributed by atoms with Crippen molar-refractivity contribution in [1.82, 2.24) is 9.97 Å². The molecule has 0 amide bonds. The molecular formula is C24H25F4N3O2. The summed E-state index contributed by atoms with van der Waals surface area (Å²) in [7, 11) is 0. The molecule has 1 aliphatic rings. The molecule has 5 nitrogen and oxygen atoms in total. The standard InChI is InChI=1S/C24H25F4N3O2/c1-13(17-4-3-5-19(21(17)25)24(26,27)28)29-22-18-12-15(6-7-20(18)30-14(2)31-22)23(33)10-8-16(32)9-11-23/h3-7,12-13,16,32-33H,8-11H2,1-2H3,(H,29,30,31)/t13-,16-,23+/m1/s1. The highest BCUT2D eigenvalue weighted by Gasteiger charge is 2.36. The number of aliphatic hydroxyl groups is 2. The van der Waals surface area contributed by atoms with E-state index >= 15 is 0 Å². The molecule has 4 rings (SSSR count). The highest BCUT2D eigenvalue weighted by Crippen LogP contribution is 2.39. The van der Waals surface area contributed by atoms with Crippen molar-refractivity contribution in [3.05, 3.63) is 64.7 Å². The van der Waals surface area contributed by atoms with Crippen molar-refractivity contribution in [2.75, 3.05) is 5.32 Å². The van der Waals surface area contributed by atoms with Crippen molar-refractivity contribution >= 4 is 16.7 Å². The van der Waals surface area contributed by atoms with Gasteiger partial charge in [0, 0.05) is 10.9 Å². The quantitative estimate of drug-likeness (QED) is 0.452. The maximum absolute atomic E-state index is 14.7. The van der Waals surface area contributed by atoms with Crippen LogP contribution in [-0.4, -0.2) is 26.3 Å². The largest absolute Gasteiger partial charge is 0.419 e. The molecule has 0 saturated heterocycles. The molecule has 1 heterocycles. The molecule has 1 aliphatic carbocycles. The number of aromatic nitrogens is 2. The van der Waals surface area contributed by atoms with E-state index in [1.165, 1.54) is 12.1 Å². The van der Waals surface area contributed by atoms with Crippen LogP contribution >= 0.6 is 0 Å². The SMILES string of the molecule is Cc1nc(N[C@H](C)c2cccc(C(F)(F)F)c2F)c2cc([C@]3(O)CC[C@@H](O)CC3)ccc2n1. The zero-order chi connectivity index (χ0) is 24.0. The number of hydrogen-bond acceptors (Lipinski definition) is 5. The van der Waals surface area contributed by atoms with E-state index in [1.54, 1.807) is 32.0 Å². The molecule has 1 fully saturated rings. The molecule has 176 valence electrons. The summed E-state index contributed by atoms with van der Waals surface area (Å²) >= 11 is 0. The number of anilines is 1. The van der Waals surface area contributed by atoms with Crippen molar-refractivity contribution in [3.8, 4) is 0 Å². The highest BCUT2D eigenvalue weighted by molar-refractivity contribution is 5.90. The topological polar surface area (TPSA) is 78.3 Å². The first-order valence-corrected chi connectivity index (χ1v) is 10.8. The Morgan fingerprint density at radius 3 is 2.48 bits per heavy atom. The molecule has 33 heavy (non-hydrogen) atoms. The summed E-state index contributed by atoms with van der Waals surface area (Å²) in [6.45, 7) is 3.24. The van der Waals surface area contributed by atoms with Gasteiger partial charge in [-0.05, 0) is 63.3 Å². The third kappa shape index (κ3) is 4.65. The van der Waals surface area contributed by atoms with Crippen molar-refractivity contribution in [1.29, 1.82) is 0 Å². The normalized spacial score (nSPS) is 22.4. The van der Waals surface area contributed by atoms with E-state index in [9.17, 15) is 27.8 Å². The van der Waals surface area contributed by atoms with Crippen molar-refractivity contribution in [2.45, 2.75) is 63.5 Å². The molecule has 9 heteroatoms. The predicted molar refractivity (Wildman–Crippen MR) is 116 cm³/mol. The summed E-state index contributed by atoms with van der Waals surface area (Å²) in [6, 6.07) is 7.66. The van der Waals surface area contributed by atoms with Crippen molar-refractivity contribution < 1.29 is 27.8 Å². The molecule has 3 N–H and O–H groups in total. The van der Waals surface area contributed by atoms with Crippen LogP contribution in [0.25, 0.3) is 10.9 Å². The first-order valence-electron chi connectivity index (χ1n) is 10.8. The summed E-state index contributed by atoms with van der Waals surface area (Å²) < 4.78 is 54.1. The number of aryl methyl sites for hydroxylation is 1. The van der Waals surface area contributed by atoms with Crippen molar-refractivity contribution in [3.63, 3.8) is 0 Å². The monoisotopic (exact) mass is 463 g/mol. The van der Waals surface area contributed by atoms with Crippen LogP contribution in [0.2, 0.25) is 0 Å². The molecule has 2 aromatic carbocycles. The molecular weight excluding hydrogens is 438 g/mol. The zero-order valence-corrected chi connectivity index (χ0v) is 18.2. The van der Waals surface area contributed by atoms with E-state index in [2.05, 4.69) is 15.3 Å². The van der Waals surface area contributed by atoms with Crippen molar-refractivity contribution in [2.24, 2.45) is 0 Å². The molecule has 0 aliphatic heterocycles. The number of rotatable bonds is 4. The van der Waals surface area contributed by atoms with Crippen LogP contribution < -0.4 is 5.32 Å². The Kier molecular flexibility index (Phi) is 6.05. The average molecular weight is 463 g/mol. The van der Waals surface area contributed by atoms with Crippen LogP contribution in [0.5, 0.6) is 0 Å². The van der Waals surface area contributed by atoms with Crippen LogP contribution in [0.4, 0.5) is 23.4 Å². The van der Waals surface area contributed by atoms with Gasteiger partial charge >= 0.3 is 6.18 Å². The van der Waals surface area contributed by atoms with Crippen LogP contribution in [0.1, 0.15) is 61.2 Å². The average Bonchev–Trinajstić information content (AvgIpc) is 2.75. The fourth-order valence-corrected chi connectivity index (χ4v) is 4.40. The van der Waals surface area contributed by atoms with Gasteiger partial charge in [0.2, 0.25) is 0 Å². The number of nitrogens with one attached hydrogen (secondary N) is 1. The van der Waals surface area contributed by atoms with Gasteiger partial charge in [-0.3, -0.25) is 0 Å². The van der Waals surface area contributed by atoms with E-state index in [0.29, 0.717) is 59.9 Å². The number of hydrogen-bond donors (Lipinski definition) is 3. The van der Waals surface area contributed by atoms with E-state index < -0.39 is 35.3 Å². The minimum Gasteiger partial charge on any atom is -0.393 e. The van der Waals surface area contributed by atoms with Gasteiger partial charge < -0.3 is 15.5 Å². The maximum Gasteiger partial charge on any atom is 0.419 e. The molecule has 0 bridgehead atoms. The fourth-order valence-electron chi connectivity index (χ4n) is 4.40. The number of nitrogens with zero attached hydrogens (tertiary/aromatic N) is 2. The Morgan fingerprint density at radius 2 is 1.82 bits per heavy atom. The number of fused-ring (bicyclic) bond motifs is 1. The van der Waals surface area contributed by atoms with E-state index in [1.807, 2.05) is 0 Å². The number of benzene rings is 2. The summed E-state index contributed by atoms with van der Waals surface area (Å²) in [5.41, 5.74) is -1.32. The van der Waals surface area contributed by atoms with Crippen LogP contribution in [-0.2, 0) is 11.8 Å². The number of aliphatic hydroxyl groups excluding tert-OH is 1. The first kappa shape index (κ1) is 23.4. The number of halogens is 4. The van der Waals surface area contributed by atoms with Gasteiger partial charge in [0.25, 0.3) is 0 Å². The molecule has 3 aromatic rings. The Morgan fingerprint density at radius 1 is 1.12 bits per heavy atom. The van der Waals surface area contributed by atoms with Gasteiger partial charge in [-0.1, -0.05) is 18.2 Å². The predicted octanol–water partition coefficient (Wildman–Crippen LogP) is 5.39. The van der Waals surface area contributed by atoms with Crippen LogP contribution in [0, 0.1) is 12.7 Å². The minimum atomic E-state index is -4.80. The maximum atomic E-state index is 14.7. The molecule has 1 saturated carbocycles. The lowest BCUT2D eigenvalue weighted by Crippen LogP contribution is -2.33. The lowest BCUT2D eigenvalue weighted by Gasteiger charge is -2.35. The van der Waals surface area contributed by atoms with Gasteiger partial charge in [-0.2, -0.15) is 13.2 Å². The number of alkyl halides is 3. The lowest BCUT2D eigenvalue weighted by molar-refractivity contribution is -0.140. The Balaban J connectivity index is 1.72. The van der Waals surface area contributed by atoms with Crippen LogP contribution in [0.3, 0.4) is 0 Å². The van der Waals surface area contributed by atoms with Gasteiger partial charge in [0.15, 0.2) is 0 Å². The molecule has 1 aromatic heterocycles. The van der Waals surface area contributed by atoms with E-state index in [4.69, 9.17) is 0 Å². The van der Waals surface area contributed by atoms with Gasteiger partial charge in [0.1, 0.15) is 17.5 Å². The van der Waals surface area contributed by atoms with Gasteiger partial charge in [-0.15, -0.1) is 0 Å². The second-order valence-corrected chi connectivity index (χ2v) is 8.69. The van der Waals surface area contributed by atoms with Gasteiger partial charge in [-0.25, -0.2) is 14.4 Å². The summed E-state index contributed by atoms with van der Waals surface area (Å²) in [5.74, 6) is -0.548. The van der Waals surface area contributed by atoms with Gasteiger partial charge in [0.05, 0.1) is 28.8 Å². The fraction of sp³-hybridized carbons (Fsp3) is 0.417.